The van der Waals surface area contributed by atoms with Gasteiger partial charge in [0.25, 0.3) is 0 Å². The molecule has 0 nitrogen and oxygen atoms in total. The van der Waals surface area contributed by atoms with E-state index in [-0.39, 0.29) is 0 Å². The van der Waals surface area contributed by atoms with Crippen LogP contribution in [0, 0.1) is 0 Å². The number of hydrogen-bond donors (Lipinski definition) is 0. The van der Waals surface area contributed by atoms with E-state index in [1.165, 1.54) is 30.4 Å². The summed E-state index contributed by atoms with van der Waals surface area (Å²) in [4.78, 5) is 0.610. The lowest BCUT2D eigenvalue weighted by Gasteiger charge is -2.06. The Kier molecular flexibility index (Phi) is 2.22. The molecule has 0 aromatic heterocycles. The Hall–Kier alpha value is -0.300. The summed E-state index contributed by atoms with van der Waals surface area (Å²) in [5.41, 5.74) is 4.66. The highest BCUT2D eigenvalue weighted by Crippen LogP contribution is 2.38. The molecule has 64 valence electrons. The molecule has 0 N–H and O–H groups in total. The highest BCUT2D eigenvalue weighted by molar-refractivity contribution is 9.09. The molecule has 0 radical (unpaired) electrons. The minimum absolute atomic E-state index is 0.610. The van der Waals surface area contributed by atoms with Gasteiger partial charge in [-0.05, 0) is 36.0 Å². The number of benzene rings is 1. The fourth-order valence-electron chi connectivity index (χ4n) is 2.01. The zero-order chi connectivity index (χ0) is 8.55. The van der Waals surface area contributed by atoms with Crippen molar-refractivity contribution >= 4 is 15.9 Å². The molecule has 1 aromatic carbocycles. The summed E-state index contributed by atoms with van der Waals surface area (Å²) in [5, 5.41) is 0. The van der Waals surface area contributed by atoms with Crippen molar-refractivity contribution in [2.75, 3.05) is 0 Å². The Morgan fingerprint density at radius 3 is 3.08 bits per heavy atom. The maximum absolute atomic E-state index is 3.70. The summed E-state index contributed by atoms with van der Waals surface area (Å²) in [6.45, 7) is 2.23. The summed E-state index contributed by atoms with van der Waals surface area (Å²) in [6, 6.07) is 6.68. The van der Waals surface area contributed by atoms with Crippen molar-refractivity contribution < 1.29 is 0 Å². The molecule has 0 bridgehead atoms. The maximum Gasteiger partial charge on any atom is 0.0401 e. The SMILES string of the molecule is CCc1cccc2c1CCC2Br. The van der Waals surface area contributed by atoms with Gasteiger partial charge in [0.1, 0.15) is 0 Å². The van der Waals surface area contributed by atoms with Gasteiger partial charge in [-0.2, -0.15) is 0 Å². The number of halogens is 1. The van der Waals surface area contributed by atoms with Crippen molar-refractivity contribution in [2.45, 2.75) is 31.0 Å². The van der Waals surface area contributed by atoms with E-state index in [2.05, 4.69) is 41.1 Å². The molecule has 12 heavy (non-hydrogen) atoms. The lowest BCUT2D eigenvalue weighted by atomic mass is 10.0. The van der Waals surface area contributed by atoms with E-state index in [0.717, 1.165) is 0 Å². The summed E-state index contributed by atoms with van der Waals surface area (Å²) < 4.78 is 0. The van der Waals surface area contributed by atoms with E-state index in [0.29, 0.717) is 4.83 Å². The van der Waals surface area contributed by atoms with E-state index in [4.69, 9.17) is 0 Å². The first kappa shape index (κ1) is 8.31. The quantitative estimate of drug-likeness (QED) is 0.640. The van der Waals surface area contributed by atoms with Crippen LogP contribution in [0.3, 0.4) is 0 Å². The van der Waals surface area contributed by atoms with E-state index in [1.807, 2.05) is 0 Å². The Morgan fingerprint density at radius 1 is 1.50 bits per heavy atom. The first-order valence-electron chi connectivity index (χ1n) is 4.57. The molecule has 1 aliphatic carbocycles. The highest BCUT2D eigenvalue weighted by Gasteiger charge is 2.20. The molecular formula is C11H13Br. The third kappa shape index (κ3) is 1.20. The fourth-order valence-corrected chi connectivity index (χ4v) is 2.67. The van der Waals surface area contributed by atoms with Gasteiger partial charge in [0.2, 0.25) is 0 Å². The van der Waals surface area contributed by atoms with Crippen LogP contribution in [0.5, 0.6) is 0 Å². The van der Waals surface area contributed by atoms with E-state index in [9.17, 15) is 0 Å². The fraction of sp³-hybridized carbons (Fsp3) is 0.455. The first-order valence-corrected chi connectivity index (χ1v) is 5.49. The molecule has 1 atom stereocenters. The first-order chi connectivity index (χ1) is 5.83. The van der Waals surface area contributed by atoms with Gasteiger partial charge < -0.3 is 0 Å². The Bertz CT molecular complexity index is 291. The van der Waals surface area contributed by atoms with Gasteiger partial charge in [-0.1, -0.05) is 41.1 Å². The number of alkyl halides is 1. The van der Waals surface area contributed by atoms with Crippen molar-refractivity contribution in [3.05, 3.63) is 34.9 Å². The smallest absolute Gasteiger partial charge is 0.0401 e. The summed E-state index contributed by atoms with van der Waals surface area (Å²) >= 11 is 3.70. The van der Waals surface area contributed by atoms with Crippen LogP contribution in [0.15, 0.2) is 18.2 Å². The van der Waals surface area contributed by atoms with Crippen molar-refractivity contribution in [3.8, 4) is 0 Å². The van der Waals surface area contributed by atoms with Gasteiger partial charge in [-0.25, -0.2) is 0 Å². The molecule has 1 aliphatic rings. The average molecular weight is 225 g/mol. The Balaban J connectivity index is 2.50. The largest absolute Gasteiger partial charge is 0.0839 e. The molecule has 0 aliphatic heterocycles. The van der Waals surface area contributed by atoms with E-state index < -0.39 is 0 Å². The van der Waals surface area contributed by atoms with Crippen LogP contribution in [0.25, 0.3) is 0 Å². The molecule has 0 amide bonds. The third-order valence-electron chi connectivity index (χ3n) is 2.68. The topological polar surface area (TPSA) is 0 Å². The summed E-state index contributed by atoms with van der Waals surface area (Å²) in [6.07, 6.45) is 3.70. The van der Waals surface area contributed by atoms with Gasteiger partial charge >= 0.3 is 0 Å². The zero-order valence-corrected chi connectivity index (χ0v) is 8.89. The van der Waals surface area contributed by atoms with Gasteiger partial charge in [0.05, 0.1) is 0 Å². The average Bonchev–Trinajstić information content (AvgIpc) is 2.48. The monoisotopic (exact) mass is 224 g/mol. The predicted molar refractivity (Wildman–Crippen MR) is 55.8 cm³/mol. The predicted octanol–water partition coefficient (Wildman–Crippen LogP) is 3.63. The van der Waals surface area contributed by atoms with Gasteiger partial charge in [-0.3, -0.25) is 0 Å². The standard InChI is InChI=1S/C11H13Br/c1-2-8-4-3-5-10-9(8)6-7-11(10)12/h3-5,11H,2,6-7H2,1H3. The van der Waals surface area contributed by atoms with Crippen molar-refractivity contribution in [2.24, 2.45) is 0 Å². The number of fused-ring (bicyclic) bond motifs is 1. The van der Waals surface area contributed by atoms with Crippen LogP contribution in [-0.4, -0.2) is 0 Å². The Labute approximate surface area is 82.1 Å². The molecule has 2 rings (SSSR count). The second-order valence-corrected chi connectivity index (χ2v) is 4.45. The highest BCUT2D eigenvalue weighted by atomic mass is 79.9. The molecule has 0 heterocycles. The van der Waals surface area contributed by atoms with Gasteiger partial charge in [0.15, 0.2) is 0 Å². The molecule has 0 fully saturated rings. The van der Waals surface area contributed by atoms with Crippen LogP contribution < -0.4 is 0 Å². The molecule has 0 saturated heterocycles. The van der Waals surface area contributed by atoms with Gasteiger partial charge in [-0.15, -0.1) is 0 Å². The molecule has 0 spiro atoms. The van der Waals surface area contributed by atoms with Crippen LogP contribution >= 0.6 is 15.9 Å². The van der Waals surface area contributed by atoms with Gasteiger partial charge in [0, 0.05) is 4.83 Å². The lowest BCUT2D eigenvalue weighted by molar-refractivity contribution is 0.898. The number of aryl methyl sites for hydroxylation is 1. The normalized spacial score (nSPS) is 21.0. The summed E-state index contributed by atoms with van der Waals surface area (Å²) in [5.74, 6) is 0. The number of hydrogen-bond acceptors (Lipinski definition) is 0. The van der Waals surface area contributed by atoms with E-state index in [1.54, 1.807) is 5.56 Å². The van der Waals surface area contributed by atoms with Crippen molar-refractivity contribution in [1.29, 1.82) is 0 Å². The Morgan fingerprint density at radius 2 is 2.33 bits per heavy atom. The van der Waals surface area contributed by atoms with Crippen molar-refractivity contribution in [3.63, 3.8) is 0 Å². The van der Waals surface area contributed by atoms with E-state index >= 15 is 0 Å². The van der Waals surface area contributed by atoms with Crippen LogP contribution in [-0.2, 0) is 12.8 Å². The minimum atomic E-state index is 0.610. The minimum Gasteiger partial charge on any atom is -0.0839 e. The molecular weight excluding hydrogens is 212 g/mol. The third-order valence-corrected chi connectivity index (χ3v) is 3.63. The van der Waals surface area contributed by atoms with Crippen LogP contribution in [0.1, 0.15) is 34.9 Å². The maximum atomic E-state index is 3.70. The zero-order valence-electron chi connectivity index (χ0n) is 7.31. The van der Waals surface area contributed by atoms with Crippen LogP contribution in [0.4, 0.5) is 0 Å². The number of rotatable bonds is 1. The molecule has 1 aromatic rings. The summed E-state index contributed by atoms with van der Waals surface area (Å²) in [7, 11) is 0. The molecule has 0 saturated carbocycles. The second-order valence-electron chi connectivity index (χ2n) is 3.34. The van der Waals surface area contributed by atoms with Crippen LogP contribution in [0.2, 0.25) is 0 Å². The lowest BCUT2D eigenvalue weighted by Crippen LogP contribution is -1.90. The second kappa shape index (κ2) is 3.21. The van der Waals surface area contributed by atoms with Crippen molar-refractivity contribution in [1.82, 2.24) is 0 Å². The molecule has 1 unspecified atom stereocenters. The molecule has 1 heteroatoms.